The van der Waals surface area contributed by atoms with E-state index in [4.69, 9.17) is 0 Å². The minimum absolute atomic E-state index is 0.842. The highest BCUT2D eigenvalue weighted by Gasteiger charge is 1.99. The minimum atomic E-state index is 0.842. The molecule has 0 aromatic carbocycles. The van der Waals surface area contributed by atoms with Gasteiger partial charge >= 0.3 is 0 Å². The van der Waals surface area contributed by atoms with Gasteiger partial charge in [-0.2, -0.15) is 5.06 Å². The van der Waals surface area contributed by atoms with Gasteiger partial charge in [0.25, 0.3) is 0 Å². The van der Waals surface area contributed by atoms with Crippen LogP contribution in [0.15, 0.2) is 0 Å². The molecule has 0 aliphatic rings. The van der Waals surface area contributed by atoms with Gasteiger partial charge in [0, 0.05) is 13.1 Å². The second kappa shape index (κ2) is 21.0. The van der Waals surface area contributed by atoms with E-state index in [-0.39, 0.29) is 0 Å². The van der Waals surface area contributed by atoms with E-state index in [9.17, 15) is 5.21 Å². The topological polar surface area (TPSA) is 23.5 Å². The molecule has 24 heavy (non-hydrogen) atoms. The van der Waals surface area contributed by atoms with E-state index in [1.165, 1.54) is 101 Å². The monoisotopic (exact) mass is 341 g/mol. The van der Waals surface area contributed by atoms with E-state index in [2.05, 4.69) is 13.8 Å². The fourth-order valence-corrected chi connectivity index (χ4v) is 3.29. The highest BCUT2D eigenvalue weighted by molar-refractivity contribution is 4.51. The quantitative estimate of drug-likeness (QED) is 0.181. The fourth-order valence-electron chi connectivity index (χ4n) is 3.29. The van der Waals surface area contributed by atoms with Gasteiger partial charge in [-0.1, -0.05) is 117 Å². The van der Waals surface area contributed by atoms with Crippen LogP contribution in [0.1, 0.15) is 129 Å². The molecule has 146 valence electrons. The lowest BCUT2D eigenvalue weighted by Crippen LogP contribution is -2.21. The zero-order chi connectivity index (χ0) is 17.7. The smallest absolute Gasteiger partial charge is 0.0238 e. The summed E-state index contributed by atoms with van der Waals surface area (Å²) in [4.78, 5) is 0. The average Bonchev–Trinajstić information content (AvgIpc) is 2.59. The van der Waals surface area contributed by atoms with Crippen LogP contribution in [0, 0.1) is 0 Å². The van der Waals surface area contributed by atoms with Crippen LogP contribution >= 0.6 is 0 Å². The van der Waals surface area contributed by atoms with Crippen LogP contribution in [0.4, 0.5) is 0 Å². The maximum atomic E-state index is 9.63. The molecular weight excluding hydrogens is 294 g/mol. The van der Waals surface area contributed by atoms with Crippen LogP contribution in [0.25, 0.3) is 0 Å². The SMILES string of the molecule is CCCCCCCCCCCCCCCCCCN(O)CCCC. The van der Waals surface area contributed by atoms with Crippen LogP contribution in [0.2, 0.25) is 0 Å². The number of hydrogen-bond acceptors (Lipinski definition) is 2. The van der Waals surface area contributed by atoms with Crippen molar-refractivity contribution in [1.29, 1.82) is 0 Å². The first kappa shape index (κ1) is 23.9. The van der Waals surface area contributed by atoms with Crippen molar-refractivity contribution in [2.24, 2.45) is 0 Å². The van der Waals surface area contributed by atoms with Gasteiger partial charge in [0.2, 0.25) is 0 Å². The lowest BCUT2D eigenvalue weighted by molar-refractivity contribution is -0.0922. The second-order valence-corrected chi connectivity index (χ2v) is 7.61. The van der Waals surface area contributed by atoms with Gasteiger partial charge in [-0.3, -0.25) is 0 Å². The lowest BCUT2D eigenvalue weighted by atomic mass is 10.0. The van der Waals surface area contributed by atoms with Crippen LogP contribution in [0.3, 0.4) is 0 Å². The molecular formula is C22H47NO. The molecule has 0 saturated heterocycles. The molecule has 0 atom stereocenters. The maximum absolute atomic E-state index is 9.63. The summed E-state index contributed by atoms with van der Waals surface area (Å²) in [6.07, 6.45) is 24.7. The van der Waals surface area contributed by atoms with Gasteiger partial charge in [-0.05, 0) is 12.8 Å². The summed E-state index contributed by atoms with van der Waals surface area (Å²) in [5.41, 5.74) is 0. The minimum Gasteiger partial charge on any atom is -0.314 e. The summed E-state index contributed by atoms with van der Waals surface area (Å²) in [5.74, 6) is 0. The zero-order valence-corrected chi connectivity index (χ0v) is 17.0. The Bertz CT molecular complexity index is 220. The molecule has 0 aliphatic heterocycles. The summed E-state index contributed by atoms with van der Waals surface area (Å²) < 4.78 is 0. The Balaban J connectivity index is 3.02. The summed E-state index contributed by atoms with van der Waals surface area (Å²) in [6.45, 7) is 6.16. The van der Waals surface area contributed by atoms with Crippen molar-refractivity contribution >= 4 is 0 Å². The number of hydrogen-bond donors (Lipinski definition) is 1. The fraction of sp³-hybridized carbons (Fsp3) is 1.00. The molecule has 0 heterocycles. The van der Waals surface area contributed by atoms with Gasteiger partial charge in [0.1, 0.15) is 0 Å². The predicted octanol–water partition coefficient (Wildman–Crippen LogP) is 7.74. The van der Waals surface area contributed by atoms with Crippen molar-refractivity contribution in [1.82, 2.24) is 5.06 Å². The van der Waals surface area contributed by atoms with Crippen molar-refractivity contribution in [3.63, 3.8) is 0 Å². The molecule has 0 aromatic heterocycles. The summed E-state index contributed by atoms with van der Waals surface area (Å²) in [5, 5.41) is 11.1. The largest absolute Gasteiger partial charge is 0.314 e. The van der Waals surface area contributed by atoms with Crippen molar-refractivity contribution in [2.75, 3.05) is 13.1 Å². The molecule has 2 nitrogen and oxygen atoms in total. The number of hydroxylamine groups is 2. The van der Waals surface area contributed by atoms with Gasteiger partial charge in [0.15, 0.2) is 0 Å². The van der Waals surface area contributed by atoms with Crippen molar-refractivity contribution < 1.29 is 5.21 Å². The van der Waals surface area contributed by atoms with Crippen LogP contribution in [-0.2, 0) is 0 Å². The predicted molar refractivity (Wildman–Crippen MR) is 108 cm³/mol. The van der Waals surface area contributed by atoms with Gasteiger partial charge in [-0.25, -0.2) is 0 Å². The lowest BCUT2D eigenvalue weighted by Gasteiger charge is -2.13. The molecule has 0 unspecified atom stereocenters. The highest BCUT2D eigenvalue weighted by atomic mass is 16.5. The van der Waals surface area contributed by atoms with Crippen LogP contribution < -0.4 is 0 Å². The highest BCUT2D eigenvalue weighted by Crippen LogP contribution is 2.13. The van der Waals surface area contributed by atoms with Crippen molar-refractivity contribution in [2.45, 2.75) is 129 Å². The van der Waals surface area contributed by atoms with Crippen molar-refractivity contribution in [3.8, 4) is 0 Å². The molecule has 0 saturated carbocycles. The first-order chi connectivity index (χ1) is 11.8. The average molecular weight is 342 g/mol. The molecule has 0 amide bonds. The summed E-state index contributed by atoms with van der Waals surface area (Å²) in [6, 6.07) is 0. The zero-order valence-electron chi connectivity index (χ0n) is 17.0. The number of rotatable bonds is 20. The molecule has 0 aromatic rings. The molecule has 0 bridgehead atoms. The van der Waals surface area contributed by atoms with E-state index in [1.54, 1.807) is 0 Å². The normalized spacial score (nSPS) is 11.5. The maximum Gasteiger partial charge on any atom is 0.0238 e. The Morgan fingerprint density at radius 2 is 0.708 bits per heavy atom. The van der Waals surface area contributed by atoms with Crippen molar-refractivity contribution in [3.05, 3.63) is 0 Å². The molecule has 0 rings (SSSR count). The summed E-state index contributed by atoms with van der Waals surface area (Å²) >= 11 is 0. The molecule has 0 radical (unpaired) electrons. The van der Waals surface area contributed by atoms with Crippen LogP contribution in [0.5, 0.6) is 0 Å². The third kappa shape index (κ3) is 20.0. The van der Waals surface area contributed by atoms with E-state index >= 15 is 0 Å². The third-order valence-corrected chi connectivity index (χ3v) is 5.04. The molecule has 0 fully saturated rings. The summed E-state index contributed by atoms with van der Waals surface area (Å²) in [7, 11) is 0. The van der Waals surface area contributed by atoms with E-state index in [0.717, 1.165) is 32.4 Å². The number of nitrogens with zero attached hydrogens (tertiary/aromatic N) is 1. The molecule has 2 heteroatoms. The Morgan fingerprint density at radius 1 is 0.417 bits per heavy atom. The number of unbranched alkanes of at least 4 members (excludes halogenated alkanes) is 16. The first-order valence-electron chi connectivity index (χ1n) is 11.2. The Labute approximate surface area is 153 Å². The molecule has 0 spiro atoms. The standard InChI is InChI=1S/C22H47NO/c1-3-5-7-8-9-10-11-12-13-14-15-16-17-18-19-20-22-23(24)21-6-4-2/h24H,3-22H2,1-2H3. The Kier molecular flexibility index (Phi) is 20.9. The van der Waals surface area contributed by atoms with Crippen LogP contribution in [-0.4, -0.2) is 23.4 Å². The third-order valence-electron chi connectivity index (χ3n) is 5.04. The van der Waals surface area contributed by atoms with Gasteiger partial charge < -0.3 is 5.21 Å². The second-order valence-electron chi connectivity index (χ2n) is 7.61. The first-order valence-corrected chi connectivity index (χ1v) is 11.2. The molecule has 0 aliphatic carbocycles. The van der Waals surface area contributed by atoms with Gasteiger partial charge in [0.05, 0.1) is 0 Å². The van der Waals surface area contributed by atoms with E-state index in [0.29, 0.717) is 0 Å². The van der Waals surface area contributed by atoms with E-state index < -0.39 is 0 Å². The van der Waals surface area contributed by atoms with Gasteiger partial charge in [-0.15, -0.1) is 0 Å². The Morgan fingerprint density at radius 3 is 1.08 bits per heavy atom. The molecule has 1 N–H and O–H groups in total. The Hall–Kier alpha value is -0.0800. The van der Waals surface area contributed by atoms with E-state index in [1.807, 2.05) is 0 Å².